The Hall–Kier alpha value is -2.22. The van der Waals surface area contributed by atoms with Crippen molar-refractivity contribution in [3.63, 3.8) is 0 Å². The van der Waals surface area contributed by atoms with Gasteiger partial charge in [0.15, 0.2) is 5.88 Å². The Kier molecular flexibility index (Phi) is 5.65. The maximum absolute atomic E-state index is 12.0. The van der Waals surface area contributed by atoms with E-state index in [2.05, 4.69) is 10.2 Å². The lowest BCUT2D eigenvalue weighted by Gasteiger charge is -2.25. The summed E-state index contributed by atoms with van der Waals surface area (Å²) in [6.45, 7) is 5.89. The van der Waals surface area contributed by atoms with Gasteiger partial charge in [-0.05, 0) is 38.7 Å². The van der Waals surface area contributed by atoms with Gasteiger partial charge in [0, 0.05) is 31.3 Å². The first-order valence-corrected chi connectivity index (χ1v) is 7.91. The van der Waals surface area contributed by atoms with Crippen LogP contribution in [0.15, 0.2) is 22.1 Å². The quantitative estimate of drug-likeness (QED) is 0.670. The molecule has 2 rings (SSSR count). The molecule has 0 radical (unpaired) electrons. The molecule has 1 fully saturated rings. The summed E-state index contributed by atoms with van der Waals surface area (Å²) in [5.74, 6) is 0.995. The van der Waals surface area contributed by atoms with Crippen LogP contribution in [0.2, 0.25) is 0 Å². The first-order chi connectivity index (χ1) is 10.6. The zero-order valence-corrected chi connectivity index (χ0v) is 13.3. The Morgan fingerprint density at radius 1 is 1.45 bits per heavy atom. The maximum atomic E-state index is 12.0. The summed E-state index contributed by atoms with van der Waals surface area (Å²) in [5.41, 5.74) is 0.0693. The van der Waals surface area contributed by atoms with Crippen molar-refractivity contribution >= 4 is 17.9 Å². The van der Waals surface area contributed by atoms with Crippen LogP contribution in [0.3, 0.4) is 0 Å². The fourth-order valence-corrected chi connectivity index (χ4v) is 2.40. The minimum Gasteiger partial charge on any atom is -0.441 e. The highest BCUT2D eigenvalue weighted by molar-refractivity contribution is 6.01. The fraction of sp³-hybridized carbons (Fsp3) is 0.529. The van der Waals surface area contributed by atoms with Crippen LogP contribution in [-0.4, -0.2) is 25.0 Å². The van der Waals surface area contributed by atoms with Gasteiger partial charge in [0.1, 0.15) is 17.4 Å². The molecule has 5 nitrogen and oxygen atoms in total. The first kappa shape index (κ1) is 16.2. The van der Waals surface area contributed by atoms with Gasteiger partial charge in [0.05, 0.1) is 0 Å². The molecule has 0 unspecified atom stereocenters. The Morgan fingerprint density at radius 2 is 2.18 bits per heavy atom. The number of furan rings is 1. The second kappa shape index (κ2) is 7.69. The summed E-state index contributed by atoms with van der Waals surface area (Å²) in [4.78, 5) is 14.2. The number of nitriles is 1. The molecule has 5 heteroatoms. The summed E-state index contributed by atoms with van der Waals surface area (Å²) in [5, 5.41) is 12.0. The summed E-state index contributed by atoms with van der Waals surface area (Å²) in [6.07, 6.45) is 5.94. The predicted molar refractivity (Wildman–Crippen MR) is 86.3 cm³/mol. The van der Waals surface area contributed by atoms with E-state index >= 15 is 0 Å². The molecule has 0 aromatic carbocycles. The van der Waals surface area contributed by atoms with Crippen molar-refractivity contribution in [1.82, 2.24) is 5.32 Å². The fourth-order valence-electron chi connectivity index (χ4n) is 2.40. The van der Waals surface area contributed by atoms with Crippen LogP contribution in [0.25, 0.3) is 6.08 Å². The topological polar surface area (TPSA) is 69.3 Å². The van der Waals surface area contributed by atoms with Crippen LogP contribution in [0.4, 0.5) is 5.88 Å². The molecule has 1 saturated heterocycles. The van der Waals surface area contributed by atoms with E-state index in [0.29, 0.717) is 5.76 Å². The van der Waals surface area contributed by atoms with E-state index < -0.39 is 0 Å². The van der Waals surface area contributed by atoms with E-state index in [9.17, 15) is 4.79 Å². The molecule has 1 aliphatic rings. The van der Waals surface area contributed by atoms with Crippen LogP contribution in [-0.2, 0) is 4.79 Å². The second-order valence-electron chi connectivity index (χ2n) is 5.68. The molecular weight excluding hydrogens is 278 g/mol. The number of rotatable bonds is 5. The van der Waals surface area contributed by atoms with E-state index in [1.54, 1.807) is 6.07 Å². The number of carbonyl (C=O) groups is 1. The Morgan fingerprint density at radius 3 is 2.82 bits per heavy atom. The van der Waals surface area contributed by atoms with Gasteiger partial charge in [-0.1, -0.05) is 6.92 Å². The molecule has 0 aliphatic carbocycles. The predicted octanol–water partition coefficient (Wildman–Crippen LogP) is 3.09. The van der Waals surface area contributed by atoms with E-state index in [1.165, 1.54) is 25.3 Å². The van der Waals surface area contributed by atoms with Crippen molar-refractivity contribution < 1.29 is 9.21 Å². The highest BCUT2D eigenvalue weighted by Crippen LogP contribution is 2.23. The van der Waals surface area contributed by atoms with Crippen molar-refractivity contribution in [1.29, 1.82) is 5.26 Å². The molecule has 1 amide bonds. The zero-order chi connectivity index (χ0) is 15.9. The Labute approximate surface area is 131 Å². The van der Waals surface area contributed by atoms with Crippen LogP contribution >= 0.6 is 0 Å². The molecule has 1 atom stereocenters. The molecule has 0 saturated carbocycles. The molecule has 1 aromatic heterocycles. The van der Waals surface area contributed by atoms with Crippen molar-refractivity contribution in [2.24, 2.45) is 0 Å². The molecule has 118 valence electrons. The summed E-state index contributed by atoms with van der Waals surface area (Å²) < 4.78 is 5.76. The monoisotopic (exact) mass is 301 g/mol. The van der Waals surface area contributed by atoms with Gasteiger partial charge >= 0.3 is 0 Å². The number of anilines is 1. The van der Waals surface area contributed by atoms with Crippen molar-refractivity contribution in [3.05, 3.63) is 23.5 Å². The number of amides is 1. The largest absolute Gasteiger partial charge is 0.441 e. The Bertz CT molecular complexity index is 577. The summed E-state index contributed by atoms with van der Waals surface area (Å²) in [7, 11) is 0. The molecule has 2 heterocycles. The van der Waals surface area contributed by atoms with Crippen molar-refractivity contribution in [2.45, 2.75) is 45.6 Å². The lowest BCUT2D eigenvalue weighted by atomic mass is 10.1. The Balaban J connectivity index is 2.08. The minimum atomic E-state index is -0.354. The minimum absolute atomic E-state index is 0.0461. The molecule has 1 aliphatic heterocycles. The first-order valence-electron chi connectivity index (χ1n) is 7.91. The van der Waals surface area contributed by atoms with Gasteiger partial charge in [0.25, 0.3) is 5.91 Å². The lowest BCUT2D eigenvalue weighted by Crippen LogP contribution is -2.32. The number of nitrogens with one attached hydrogen (secondary N) is 1. The lowest BCUT2D eigenvalue weighted by molar-refractivity contribution is -0.117. The third-order valence-electron chi connectivity index (χ3n) is 3.92. The van der Waals surface area contributed by atoms with E-state index in [-0.39, 0.29) is 17.5 Å². The number of hydrogen-bond donors (Lipinski definition) is 1. The zero-order valence-electron chi connectivity index (χ0n) is 13.3. The van der Waals surface area contributed by atoms with E-state index in [4.69, 9.17) is 9.68 Å². The van der Waals surface area contributed by atoms with Gasteiger partial charge in [-0.25, -0.2) is 0 Å². The molecular formula is C17H23N3O2. The molecule has 1 aromatic rings. The van der Waals surface area contributed by atoms with Gasteiger partial charge in [0.2, 0.25) is 0 Å². The average molecular weight is 301 g/mol. The maximum Gasteiger partial charge on any atom is 0.262 e. The molecule has 1 N–H and O–H groups in total. The molecule has 0 spiro atoms. The van der Waals surface area contributed by atoms with Gasteiger partial charge in [-0.3, -0.25) is 4.79 Å². The van der Waals surface area contributed by atoms with Gasteiger partial charge in [-0.15, -0.1) is 0 Å². The normalized spacial score (nSPS) is 17.0. The van der Waals surface area contributed by atoms with E-state index in [1.807, 2.05) is 26.0 Å². The van der Waals surface area contributed by atoms with Crippen molar-refractivity contribution in [3.8, 4) is 6.07 Å². The standard InChI is InChI=1S/C17H23N3O2/c1-3-13(2)19-17(21)14(12-18)11-15-7-8-16(22-15)20-9-5-4-6-10-20/h7-8,11,13H,3-6,9-10H2,1-2H3,(H,19,21)/b14-11+/t13-/m1/s1. The number of carbonyl (C=O) groups excluding carboxylic acids is 1. The SMILES string of the molecule is CC[C@@H](C)NC(=O)/C(C#N)=C/c1ccc(N2CCCCC2)o1. The van der Waals surface area contributed by atoms with Crippen molar-refractivity contribution in [2.75, 3.05) is 18.0 Å². The highest BCUT2D eigenvalue weighted by atomic mass is 16.4. The second-order valence-corrected chi connectivity index (χ2v) is 5.68. The third-order valence-corrected chi connectivity index (χ3v) is 3.92. The number of nitrogens with zero attached hydrogens (tertiary/aromatic N) is 2. The number of piperidine rings is 1. The van der Waals surface area contributed by atoms with Crippen LogP contribution in [0.5, 0.6) is 0 Å². The molecule has 0 bridgehead atoms. The van der Waals surface area contributed by atoms with Gasteiger partial charge in [-0.2, -0.15) is 5.26 Å². The average Bonchev–Trinajstić information content (AvgIpc) is 3.01. The van der Waals surface area contributed by atoms with Crippen LogP contribution in [0.1, 0.15) is 45.3 Å². The van der Waals surface area contributed by atoms with E-state index in [0.717, 1.165) is 25.4 Å². The van der Waals surface area contributed by atoms with Crippen LogP contribution < -0.4 is 10.2 Å². The smallest absolute Gasteiger partial charge is 0.262 e. The highest BCUT2D eigenvalue weighted by Gasteiger charge is 2.15. The van der Waals surface area contributed by atoms with Crippen LogP contribution in [0, 0.1) is 11.3 Å². The number of hydrogen-bond acceptors (Lipinski definition) is 4. The summed E-state index contributed by atoms with van der Waals surface area (Å²) >= 11 is 0. The molecule has 22 heavy (non-hydrogen) atoms. The summed E-state index contributed by atoms with van der Waals surface area (Å²) in [6, 6.07) is 5.70. The van der Waals surface area contributed by atoms with Gasteiger partial charge < -0.3 is 14.6 Å². The third kappa shape index (κ3) is 4.14.